The molecule has 1 heterocycles. The molecule has 1 saturated heterocycles. The van der Waals surface area contributed by atoms with Crippen LogP contribution in [0.4, 0.5) is 10.5 Å². The van der Waals surface area contributed by atoms with Gasteiger partial charge in [-0.05, 0) is 41.1 Å². The first kappa shape index (κ1) is 14.4. The summed E-state index contributed by atoms with van der Waals surface area (Å²) in [5.41, 5.74) is 8.07. The second-order valence-electron chi connectivity index (χ2n) is 4.92. The Morgan fingerprint density at radius 3 is 2.36 bits per heavy atom. The fourth-order valence-electron chi connectivity index (χ4n) is 2.15. The lowest BCUT2D eigenvalue weighted by Gasteiger charge is -2.12. The molecule has 2 amide bonds. The zero-order valence-corrected chi connectivity index (χ0v) is 12.5. The number of anilines is 1. The molecule has 3 rings (SSSR count). The van der Waals surface area contributed by atoms with Crippen LogP contribution in [0, 0.1) is 0 Å². The van der Waals surface area contributed by atoms with Gasteiger partial charge in [0.2, 0.25) is 0 Å². The zero-order valence-electron chi connectivity index (χ0n) is 11.7. The fraction of sp³-hybridized carbons (Fsp3) is 0.0588. The first-order valence-corrected chi connectivity index (χ1v) is 7.60. The minimum atomic E-state index is -0.254. The highest BCUT2D eigenvalue weighted by Crippen LogP contribution is 2.33. The Morgan fingerprint density at radius 2 is 1.68 bits per heavy atom. The van der Waals surface area contributed by atoms with Crippen LogP contribution >= 0.6 is 11.8 Å². The third kappa shape index (κ3) is 3.04. The minimum absolute atomic E-state index is 0.240. The number of hydrogen-bond acceptors (Lipinski definition) is 4. The SMILES string of the molecule is Nc1ccc(/C=C2\SC(=O)N(Cc3ccccc3)C2=O)cc1. The number of imide groups is 1. The van der Waals surface area contributed by atoms with Crippen LogP contribution in [0.5, 0.6) is 0 Å². The van der Waals surface area contributed by atoms with Gasteiger partial charge in [0, 0.05) is 5.69 Å². The molecule has 5 heteroatoms. The summed E-state index contributed by atoms with van der Waals surface area (Å²) in [5.74, 6) is -0.254. The maximum Gasteiger partial charge on any atom is 0.293 e. The third-order valence-electron chi connectivity index (χ3n) is 3.29. The van der Waals surface area contributed by atoms with E-state index in [-0.39, 0.29) is 11.1 Å². The number of carbonyl (C=O) groups is 2. The van der Waals surface area contributed by atoms with Crippen LogP contribution in [0.1, 0.15) is 11.1 Å². The summed E-state index contributed by atoms with van der Waals surface area (Å²) in [6.07, 6.45) is 1.72. The van der Waals surface area contributed by atoms with E-state index >= 15 is 0 Å². The molecule has 1 aliphatic heterocycles. The molecule has 0 radical (unpaired) electrons. The summed E-state index contributed by atoms with van der Waals surface area (Å²) in [5, 5.41) is -0.240. The van der Waals surface area contributed by atoms with Gasteiger partial charge in [0.05, 0.1) is 11.4 Å². The molecule has 1 aliphatic rings. The van der Waals surface area contributed by atoms with E-state index < -0.39 is 0 Å². The van der Waals surface area contributed by atoms with Crippen molar-refractivity contribution >= 4 is 34.7 Å². The molecule has 2 N–H and O–H groups in total. The fourth-order valence-corrected chi connectivity index (χ4v) is 2.98. The highest BCUT2D eigenvalue weighted by molar-refractivity contribution is 8.18. The average molecular weight is 310 g/mol. The summed E-state index contributed by atoms with van der Waals surface area (Å²) in [6, 6.07) is 16.6. The zero-order chi connectivity index (χ0) is 15.5. The van der Waals surface area contributed by atoms with Crippen molar-refractivity contribution in [2.75, 3.05) is 5.73 Å². The first-order valence-electron chi connectivity index (χ1n) is 6.78. The van der Waals surface area contributed by atoms with E-state index in [0.29, 0.717) is 17.1 Å². The summed E-state index contributed by atoms with van der Waals surface area (Å²) in [6.45, 7) is 0.296. The van der Waals surface area contributed by atoms with Gasteiger partial charge in [-0.15, -0.1) is 0 Å². The average Bonchev–Trinajstić information content (AvgIpc) is 2.78. The van der Waals surface area contributed by atoms with Crippen molar-refractivity contribution in [3.8, 4) is 0 Å². The summed E-state index contributed by atoms with van der Waals surface area (Å²) >= 11 is 0.967. The van der Waals surface area contributed by atoms with E-state index in [2.05, 4.69) is 0 Å². The molecule has 0 spiro atoms. The summed E-state index contributed by atoms with van der Waals surface area (Å²) < 4.78 is 0. The lowest BCUT2D eigenvalue weighted by atomic mass is 10.2. The van der Waals surface area contributed by atoms with Gasteiger partial charge in [-0.1, -0.05) is 42.5 Å². The van der Waals surface area contributed by atoms with Crippen molar-refractivity contribution in [3.63, 3.8) is 0 Å². The predicted molar refractivity (Wildman–Crippen MR) is 88.8 cm³/mol. The van der Waals surface area contributed by atoms with E-state index in [1.165, 1.54) is 4.90 Å². The molecule has 2 aromatic carbocycles. The minimum Gasteiger partial charge on any atom is -0.399 e. The van der Waals surface area contributed by atoms with Crippen LogP contribution in [0.25, 0.3) is 6.08 Å². The van der Waals surface area contributed by atoms with Gasteiger partial charge in [-0.2, -0.15) is 0 Å². The second kappa shape index (κ2) is 6.07. The van der Waals surface area contributed by atoms with Crippen molar-refractivity contribution in [2.45, 2.75) is 6.54 Å². The number of nitrogen functional groups attached to an aromatic ring is 1. The number of rotatable bonds is 3. The summed E-state index contributed by atoms with van der Waals surface area (Å²) in [4.78, 5) is 26.1. The normalized spacial score (nSPS) is 16.5. The topological polar surface area (TPSA) is 63.4 Å². The van der Waals surface area contributed by atoms with E-state index in [1.54, 1.807) is 18.2 Å². The Balaban J connectivity index is 1.80. The van der Waals surface area contributed by atoms with E-state index in [9.17, 15) is 9.59 Å². The molecule has 110 valence electrons. The Morgan fingerprint density at radius 1 is 1.00 bits per heavy atom. The maximum absolute atomic E-state index is 12.4. The molecule has 4 nitrogen and oxygen atoms in total. The van der Waals surface area contributed by atoms with Gasteiger partial charge in [0.15, 0.2) is 0 Å². The van der Waals surface area contributed by atoms with E-state index in [0.717, 1.165) is 22.9 Å². The third-order valence-corrected chi connectivity index (χ3v) is 4.20. The molecule has 0 aromatic heterocycles. The highest BCUT2D eigenvalue weighted by Gasteiger charge is 2.34. The van der Waals surface area contributed by atoms with Gasteiger partial charge in [0.25, 0.3) is 11.1 Å². The molecule has 2 aromatic rings. The van der Waals surface area contributed by atoms with Crippen LogP contribution < -0.4 is 5.73 Å². The summed E-state index contributed by atoms with van der Waals surface area (Å²) in [7, 11) is 0. The van der Waals surface area contributed by atoms with Gasteiger partial charge >= 0.3 is 0 Å². The largest absolute Gasteiger partial charge is 0.399 e. The van der Waals surface area contributed by atoms with Gasteiger partial charge in [-0.25, -0.2) is 0 Å². The van der Waals surface area contributed by atoms with Crippen molar-refractivity contribution < 1.29 is 9.59 Å². The highest BCUT2D eigenvalue weighted by atomic mass is 32.2. The standard InChI is InChI=1S/C17H14N2O2S/c18-14-8-6-12(7-9-14)10-15-16(20)19(17(21)22-15)11-13-4-2-1-3-5-13/h1-10H,11,18H2/b15-10-. The molecular weight excluding hydrogens is 296 g/mol. The lowest BCUT2D eigenvalue weighted by Crippen LogP contribution is -2.27. The lowest BCUT2D eigenvalue weighted by molar-refractivity contribution is -0.123. The van der Waals surface area contributed by atoms with E-state index in [1.807, 2.05) is 42.5 Å². The Bertz CT molecular complexity index is 739. The monoisotopic (exact) mass is 310 g/mol. The number of nitrogens with two attached hydrogens (primary N) is 1. The molecule has 0 bridgehead atoms. The molecule has 0 aliphatic carbocycles. The van der Waals surface area contributed by atoms with Crippen molar-refractivity contribution in [2.24, 2.45) is 0 Å². The molecule has 0 atom stereocenters. The van der Waals surface area contributed by atoms with Crippen LogP contribution in [0.2, 0.25) is 0 Å². The Kier molecular flexibility index (Phi) is 3.98. The molecule has 0 saturated carbocycles. The van der Waals surface area contributed by atoms with Crippen molar-refractivity contribution in [1.29, 1.82) is 0 Å². The van der Waals surface area contributed by atoms with Crippen molar-refractivity contribution in [1.82, 2.24) is 4.90 Å². The number of hydrogen-bond donors (Lipinski definition) is 1. The van der Waals surface area contributed by atoms with Crippen LogP contribution in [-0.2, 0) is 11.3 Å². The van der Waals surface area contributed by atoms with E-state index in [4.69, 9.17) is 5.73 Å². The Hall–Kier alpha value is -2.53. The van der Waals surface area contributed by atoms with Crippen LogP contribution in [0.15, 0.2) is 59.5 Å². The smallest absolute Gasteiger partial charge is 0.293 e. The number of amides is 2. The molecule has 22 heavy (non-hydrogen) atoms. The number of benzene rings is 2. The predicted octanol–water partition coefficient (Wildman–Crippen LogP) is 3.51. The molecule has 0 unspecified atom stereocenters. The van der Waals surface area contributed by atoms with Gasteiger partial charge < -0.3 is 5.73 Å². The Labute approximate surface area is 132 Å². The first-order chi connectivity index (χ1) is 10.6. The quantitative estimate of drug-likeness (QED) is 0.696. The molecule has 1 fully saturated rings. The van der Waals surface area contributed by atoms with Crippen molar-refractivity contribution in [3.05, 3.63) is 70.6 Å². The van der Waals surface area contributed by atoms with Crippen LogP contribution in [0.3, 0.4) is 0 Å². The maximum atomic E-state index is 12.4. The number of carbonyl (C=O) groups excluding carboxylic acids is 2. The van der Waals surface area contributed by atoms with Gasteiger partial charge in [0.1, 0.15) is 0 Å². The van der Waals surface area contributed by atoms with Crippen LogP contribution in [-0.4, -0.2) is 16.0 Å². The number of thioether (sulfide) groups is 1. The molecular formula is C17H14N2O2S. The number of nitrogens with zero attached hydrogens (tertiary/aromatic N) is 1. The second-order valence-corrected chi connectivity index (χ2v) is 5.91. The van der Waals surface area contributed by atoms with Gasteiger partial charge in [-0.3, -0.25) is 14.5 Å².